The number of hydrogen-bond donors (Lipinski definition) is 1. The standard InChI is InChI=1S/C8H11NO4/c1-5-3-7(9-13-5)4-12-6(2)8(10)11/h3,6H,4H2,1-2H3,(H,10,11). The van der Waals surface area contributed by atoms with Gasteiger partial charge in [0.05, 0.1) is 6.61 Å². The molecule has 0 aliphatic carbocycles. The topological polar surface area (TPSA) is 72.6 Å². The van der Waals surface area contributed by atoms with Crippen LogP contribution in [-0.2, 0) is 16.1 Å². The number of rotatable bonds is 4. The van der Waals surface area contributed by atoms with Crippen molar-refractivity contribution in [1.29, 1.82) is 0 Å². The molecule has 1 aromatic rings. The Labute approximate surface area is 75.3 Å². The predicted octanol–water partition coefficient (Wildman–Crippen LogP) is 0.973. The van der Waals surface area contributed by atoms with Gasteiger partial charge in [-0.1, -0.05) is 5.16 Å². The maximum Gasteiger partial charge on any atom is 0.332 e. The Morgan fingerprint density at radius 1 is 1.85 bits per heavy atom. The van der Waals surface area contributed by atoms with E-state index in [-0.39, 0.29) is 6.61 Å². The Morgan fingerprint density at radius 2 is 2.54 bits per heavy atom. The molecular weight excluding hydrogens is 174 g/mol. The quantitative estimate of drug-likeness (QED) is 0.756. The third-order valence-corrected chi connectivity index (χ3v) is 1.51. The van der Waals surface area contributed by atoms with E-state index in [0.29, 0.717) is 11.5 Å². The maximum absolute atomic E-state index is 10.4. The molecule has 0 aromatic carbocycles. The average Bonchev–Trinajstić information content (AvgIpc) is 2.47. The SMILES string of the molecule is Cc1cc(COC(C)C(=O)O)no1. The fourth-order valence-corrected chi connectivity index (χ4v) is 0.768. The van der Waals surface area contributed by atoms with Gasteiger partial charge in [-0.3, -0.25) is 0 Å². The van der Waals surface area contributed by atoms with Gasteiger partial charge in [-0.25, -0.2) is 4.79 Å². The minimum Gasteiger partial charge on any atom is -0.479 e. The summed E-state index contributed by atoms with van der Waals surface area (Å²) in [6.07, 6.45) is -0.822. The summed E-state index contributed by atoms with van der Waals surface area (Å²) in [5.74, 6) is -0.304. The zero-order chi connectivity index (χ0) is 9.84. The number of carboxylic acids is 1. The van der Waals surface area contributed by atoms with Crippen LogP contribution in [0.25, 0.3) is 0 Å². The predicted molar refractivity (Wildman–Crippen MR) is 43.1 cm³/mol. The summed E-state index contributed by atoms with van der Waals surface area (Å²) in [4.78, 5) is 10.4. The Hall–Kier alpha value is -1.36. The number of carbonyl (C=O) groups is 1. The second-order valence-corrected chi connectivity index (χ2v) is 2.72. The lowest BCUT2D eigenvalue weighted by Crippen LogP contribution is -2.19. The minimum atomic E-state index is -0.986. The number of hydrogen-bond acceptors (Lipinski definition) is 4. The number of nitrogens with zero attached hydrogens (tertiary/aromatic N) is 1. The van der Waals surface area contributed by atoms with Gasteiger partial charge < -0.3 is 14.4 Å². The van der Waals surface area contributed by atoms with Gasteiger partial charge in [0.2, 0.25) is 0 Å². The van der Waals surface area contributed by atoms with Crippen LogP contribution in [-0.4, -0.2) is 22.3 Å². The first-order valence-corrected chi connectivity index (χ1v) is 3.86. The molecule has 1 rings (SSSR count). The molecule has 0 aliphatic rings. The molecular formula is C8H11NO4. The van der Waals surface area contributed by atoms with Gasteiger partial charge in [-0.15, -0.1) is 0 Å². The summed E-state index contributed by atoms with van der Waals surface area (Å²) in [5, 5.41) is 12.2. The molecule has 0 saturated heterocycles. The first-order chi connectivity index (χ1) is 6.09. The third-order valence-electron chi connectivity index (χ3n) is 1.51. The second kappa shape index (κ2) is 4.04. The number of aryl methyl sites for hydroxylation is 1. The van der Waals surface area contributed by atoms with Crippen molar-refractivity contribution in [3.05, 3.63) is 17.5 Å². The molecule has 0 spiro atoms. The highest BCUT2D eigenvalue weighted by Gasteiger charge is 2.11. The van der Waals surface area contributed by atoms with E-state index in [1.54, 1.807) is 13.0 Å². The van der Waals surface area contributed by atoms with Crippen molar-refractivity contribution >= 4 is 5.97 Å². The first-order valence-electron chi connectivity index (χ1n) is 3.86. The summed E-state index contributed by atoms with van der Waals surface area (Å²) in [7, 11) is 0. The van der Waals surface area contributed by atoms with E-state index in [4.69, 9.17) is 14.4 Å². The highest BCUT2D eigenvalue weighted by atomic mass is 16.5. The smallest absolute Gasteiger partial charge is 0.332 e. The van der Waals surface area contributed by atoms with E-state index in [9.17, 15) is 4.79 Å². The molecule has 1 atom stereocenters. The van der Waals surface area contributed by atoms with Crippen LogP contribution >= 0.6 is 0 Å². The van der Waals surface area contributed by atoms with Crippen LogP contribution in [0, 0.1) is 6.92 Å². The zero-order valence-electron chi connectivity index (χ0n) is 7.48. The van der Waals surface area contributed by atoms with Crippen molar-refractivity contribution in [3.63, 3.8) is 0 Å². The van der Waals surface area contributed by atoms with Crippen molar-refractivity contribution in [2.45, 2.75) is 26.6 Å². The van der Waals surface area contributed by atoms with Crippen LogP contribution in [0.5, 0.6) is 0 Å². The minimum absolute atomic E-state index is 0.158. The number of aliphatic carboxylic acids is 1. The summed E-state index contributed by atoms with van der Waals surface area (Å²) >= 11 is 0. The molecule has 5 nitrogen and oxygen atoms in total. The molecule has 0 aliphatic heterocycles. The monoisotopic (exact) mass is 185 g/mol. The summed E-state index contributed by atoms with van der Waals surface area (Å²) < 4.78 is 9.76. The summed E-state index contributed by atoms with van der Waals surface area (Å²) in [6.45, 7) is 3.39. The van der Waals surface area contributed by atoms with Gasteiger partial charge in [0.15, 0.2) is 6.10 Å². The highest BCUT2D eigenvalue weighted by Crippen LogP contribution is 2.04. The highest BCUT2D eigenvalue weighted by molar-refractivity contribution is 5.71. The van der Waals surface area contributed by atoms with E-state index >= 15 is 0 Å². The van der Waals surface area contributed by atoms with E-state index in [1.807, 2.05) is 0 Å². The molecule has 0 fully saturated rings. The van der Waals surface area contributed by atoms with E-state index < -0.39 is 12.1 Å². The number of carboxylic acid groups (broad SMARTS) is 1. The van der Waals surface area contributed by atoms with Crippen LogP contribution in [0.15, 0.2) is 10.6 Å². The van der Waals surface area contributed by atoms with Crippen LogP contribution in [0.1, 0.15) is 18.4 Å². The molecule has 1 aromatic heterocycles. The molecule has 72 valence electrons. The molecule has 1 N–H and O–H groups in total. The van der Waals surface area contributed by atoms with E-state index in [1.165, 1.54) is 6.92 Å². The van der Waals surface area contributed by atoms with Crippen LogP contribution in [0.3, 0.4) is 0 Å². The van der Waals surface area contributed by atoms with Crippen LogP contribution in [0.2, 0.25) is 0 Å². The van der Waals surface area contributed by atoms with Gasteiger partial charge in [-0.2, -0.15) is 0 Å². The third kappa shape index (κ3) is 2.87. The molecule has 0 radical (unpaired) electrons. The number of aromatic nitrogens is 1. The van der Waals surface area contributed by atoms with Crippen molar-refractivity contribution in [3.8, 4) is 0 Å². The molecule has 13 heavy (non-hydrogen) atoms. The maximum atomic E-state index is 10.4. The normalized spacial score (nSPS) is 12.8. The Morgan fingerprint density at radius 3 is 3.00 bits per heavy atom. The lowest BCUT2D eigenvalue weighted by molar-refractivity contribution is -0.149. The fourth-order valence-electron chi connectivity index (χ4n) is 0.768. The zero-order valence-corrected chi connectivity index (χ0v) is 7.48. The van der Waals surface area contributed by atoms with Gasteiger partial charge in [0, 0.05) is 6.07 Å². The van der Waals surface area contributed by atoms with Crippen LogP contribution in [0.4, 0.5) is 0 Å². The second-order valence-electron chi connectivity index (χ2n) is 2.72. The Kier molecular flexibility index (Phi) is 3.02. The lowest BCUT2D eigenvalue weighted by Gasteiger charge is -2.05. The van der Waals surface area contributed by atoms with Crippen molar-refractivity contribution in [2.75, 3.05) is 0 Å². The van der Waals surface area contributed by atoms with Crippen molar-refractivity contribution < 1.29 is 19.2 Å². The van der Waals surface area contributed by atoms with E-state index in [2.05, 4.69) is 5.16 Å². The summed E-state index contributed by atoms with van der Waals surface area (Å²) in [5.41, 5.74) is 0.602. The Bertz CT molecular complexity index is 294. The van der Waals surface area contributed by atoms with Crippen molar-refractivity contribution in [1.82, 2.24) is 5.16 Å². The van der Waals surface area contributed by atoms with Gasteiger partial charge >= 0.3 is 5.97 Å². The lowest BCUT2D eigenvalue weighted by atomic mass is 10.4. The molecule has 1 heterocycles. The molecule has 1 unspecified atom stereocenters. The first kappa shape index (κ1) is 9.73. The average molecular weight is 185 g/mol. The van der Waals surface area contributed by atoms with E-state index in [0.717, 1.165) is 0 Å². The van der Waals surface area contributed by atoms with Crippen LogP contribution < -0.4 is 0 Å². The van der Waals surface area contributed by atoms with Gasteiger partial charge in [0.25, 0.3) is 0 Å². The molecule has 0 saturated carbocycles. The van der Waals surface area contributed by atoms with Crippen molar-refractivity contribution in [2.24, 2.45) is 0 Å². The molecule has 0 amide bonds. The molecule has 5 heteroatoms. The van der Waals surface area contributed by atoms with Gasteiger partial charge in [-0.05, 0) is 13.8 Å². The fraction of sp³-hybridized carbons (Fsp3) is 0.500. The van der Waals surface area contributed by atoms with Gasteiger partial charge in [0.1, 0.15) is 11.5 Å². The number of ether oxygens (including phenoxy) is 1. The molecule has 0 bridgehead atoms. The Balaban J connectivity index is 2.39. The largest absolute Gasteiger partial charge is 0.479 e. The summed E-state index contributed by atoms with van der Waals surface area (Å²) in [6, 6.07) is 1.70.